The van der Waals surface area contributed by atoms with Gasteiger partial charge in [-0.15, -0.1) is 0 Å². The van der Waals surface area contributed by atoms with E-state index in [4.69, 9.17) is 9.47 Å². The molecule has 0 radical (unpaired) electrons. The van der Waals surface area contributed by atoms with E-state index in [1.807, 2.05) is 13.8 Å². The number of hydrogen-bond donors (Lipinski definition) is 0. The highest BCUT2D eigenvalue weighted by Gasteiger charge is 2.63. The molecule has 1 spiro atoms. The Hall–Kier alpha value is -0.410. The predicted octanol–water partition coefficient (Wildman–Crippen LogP) is 5.61. The Morgan fingerprint density at radius 3 is 2.33 bits per heavy atom. The quantitative estimate of drug-likeness (QED) is 0.551. The molecule has 0 N–H and O–H groups in total. The van der Waals surface area contributed by atoms with Crippen molar-refractivity contribution in [3.8, 4) is 0 Å². The molecule has 3 heteroatoms. The molecular formula is C24H40O3. The summed E-state index contributed by atoms with van der Waals surface area (Å²) < 4.78 is 12.2. The summed E-state index contributed by atoms with van der Waals surface area (Å²) in [7, 11) is 0. The molecule has 4 aliphatic carbocycles. The van der Waals surface area contributed by atoms with E-state index in [1.165, 1.54) is 19.3 Å². The second kappa shape index (κ2) is 6.83. The van der Waals surface area contributed by atoms with E-state index >= 15 is 0 Å². The second-order valence-electron chi connectivity index (χ2n) is 10.4. The summed E-state index contributed by atoms with van der Waals surface area (Å²) in [6, 6.07) is 0. The molecule has 5 aliphatic rings. The predicted molar refractivity (Wildman–Crippen MR) is 107 cm³/mol. The summed E-state index contributed by atoms with van der Waals surface area (Å²) in [4.78, 5) is 12.6. The molecule has 5 fully saturated rings. The minimum atomic E-state index is -0.266. The molecule has 1 saturated heterocycles. The third-order valence-corrected chi connectivity index (χ3v) is 9.56. The number of fused-ring (bicyclic) bond motifs is 5. The van der Waals surface area contributed by atoms with Crippen LogP contribution >= 0.6 is 0 Å². The van der Waals surface area contributed by atoms with Gasteiger partial charge in [-0.2, -0.15) is 0 Å². The molecule has 27 heavy (non-hydrogen) atoms. The van der Waals surface area contributed by atoms with Crippen molar-refractivity contribution in [3.63, 3.8) is 0 Å². The zero-order valence-electron chi connectivity index (χ0n) is 18.2. The van der Waals surface area contributed by atoms with E-state index in [0.29, 0.717) is 29.0 Å². The molecule has 3 nitrogen and oxygen atoms in total. The largest absolute Gasteiger partial charge is 0.348 e. The van der Waals surface area contributed by atoms with Crippen LogP contribution in [0.15, 0.2) is 0 Å². The summed E-state index contributed by atoms with van der Waals surface area (Å²) in [6.45, 7) is 12.9. The van der Waals surface area contributed by atoms with Crippen LogP contribution in [0.3, 0.4) is 0 Å². The Morgan fingerprint density at radius 1 is 0.926 bits per heavy atom. The Bertz CT molecular complexity index is 580. The van der Waals surface area contributed by atoms with Gasteiger partial charge >= 0.3 is 0 Å². The van der Waals surface area contributed by atoms with Crippen LogP contribution in [0.4, 0.5) is 0 Å². The molecule has 0 aromatic heterocycles. The number of ketones is 1. The monoisotopic (exact) mass is 376 g/mol. The maximum absolute atomic E-state index is 12.6. The van der Waals surface area contributed by atoms with Crippen molar-refractivity contribution in [2.75, 3.05) is 13.2 Å². The maximum atomic E-state index is 12.6. The summed E-state index contributed by atoms with van der Waals surface area (Å²) in [5.74, 6) is 3.94. The highest BCUT2D eigenvalue weighted by atomic mass is 16.7. The normalized spacial score (nSPS) is 50.4. The van der Waals surface area contributed by atoms with Gasteiger partial charge in [0.1, 0.15) is 5.78 Å². The van der Waals surface area contributed by atoms with Gasteiger partial charge in [-0.3, -0.25) is 4.79 Å². The average Bonchev–Trinajstić information content (AvgIpc) is 3.24. The first-order chi connectivity index (χ1) is 12.9. The summed E-state index contributed by atoms with van der Waals surface area (Å²) in [5, 5.41) is 0. The third-order valence-electron chi connectivity index (χ3n) is 9.56. The van der Waals surface area contributed by atoms with Crippen LogP contribution in [-0.2, 0) is 14.3 Å². The number of rotatable bonds is 0. The minimum Gasteiger partial charge on any atom is -0.348 e. The van der Waals surface area contributed by atoms with Gasteiger partial charge in [0.15, 0.2) is 5.79 Å². The van der Waals surface area contributed by atoms with Crippen LogP contribution in [0.5, 0.6) is 0 Å². The zero-order chi connectivity index (χ0) is 19.4. The van der Waals surface area contributed by atoms with Crippen molar-refractivity contribution in [1.82, 2.24) is 0 Å². The SMILES string of the molecule is CC.CC1CC2C3CCC(=O)C3(C)CCC2C2(C)CCC3(CC12)OCCO3. The standard InChI is InChI=1S/C22H34O3.C2H6/c1-14-12-15-16-4-5-19(23)21(16,3)7-6-17(15)20(2)8-9-22(13-18(14)20)24-10-11-25-22;1-2/h14-18H,4-13H2,1-3H3;1-2H3. The van der Waals surface area contributed by atoms with Crippen LogP contribution in [0, 0.1) is 40.4 Å². The molecule has 4 saturated carbocycles. The molecule has 0 aromatic carbocycles. The smallest absolute Gasteiger partial charge is 0.168 e. The van der Waals surface area contributed by atoms with E-state index < -0.39 is 0 Å². The first kappa shape index (κ1) is 19.9. The average molecular weight is 377 g/mol. The second-order valence-corrected chi connectivity index (χ2v) is 10.4. The zero-order valence-corrected chi connectivity index (χ0v) is 18.2. The summed E-state index contributed by atoms with van der Waals surface area (Å²) >= 11 is 0. The fraction of sp³-hybridized carbons (Fsp3) is 0.958. The van der Waals surface area contributed by atoms with Gasteiger partial charge in [0.2, 0.25) is 0 Å². The molecule has 5 rings (SSSR count). The lowest BCUT2D eigenvalue weighted by Gasteiger charge is -2.63. The Balaban J connectivity index is 0.000000872. The number of carbonyl (C=O) groups is 1. The lowest BCUT2D eigenvalue weighted by molar-refractivity contribution is -0.237. The molecule has 1 heterocycles. The third kappa shape index (κ3) is 2.78. The maximum Gasteiger partial charge on any atom is 0.168 e. The van der Waals surface area contributed by atoms with E-state index in [9.17, 15) is 4.79 Å². The van der Waals surface area contributed by atoms with Gasteiger partial charge in [-0.1, -0.05) is 34.6 Å². The number of Topliss-reactive ketones (excluding diaryl/α,β-unsaturated/α-hetero) is 1. The fourth-order valence-corrected chi connectivity index (χ4v) is 8.19. The van der Waals surface area contributed by atoms with Crippen LogP contribution < -0.4 is 0 Å². The van der Waals surface area contributed by atoms with Crippen LogP contribution in [0.25, 0.3) is 0 Å². The fourth-order valence-electron chi connectivity index (χ4n) is 8.19. The topological polar surface area (TPSA) is 35.5 Å². The molecule has 0 bridgehead atoms. The van der Waals surface area contributed by atoms with Crippen molar-refractivity contribution in [2.24, 2.45) is 40.4 Å². The van der Waals surface area contributed by atoms with Crippen molar-refractivity contribution in [1.29, 1.82) is 0 Å². The van der Waals surface area contributed by atoms with Gasteiger partial charge in [-0.25, -0.2) is 0 Å². The van der Waals surface area contributed by atoms with Crippen LogP contribution in [0.2, 0.25) is 0 Å². The van der Waals surface area contributed by atoms with Crippen LogP contribution in [-0.4, -0.2) is 24.8 Å². The van der Waals surface area contributed by atoms with E-state index in [1.54, 1.807) is 0 Å². The van der Waals surface area contributed by atoms with Gasteiger partial charge in [0.25, 0.3) is 0 Å². The molecule has 7 unspecified atom stereocenters. The lowest BCUT2D eigenvalue weighted by atomic mass is 9.43. The lowest BCUT2D eigenvalue weighted by Crippen LogP contribution is -2.58. The van der Waals surface area contributed by atoms with Gasteiger partial charge in [0, 0.05) is 24.7 Å². The first-order valence-corrected chi connectivity index (χ1v) is 11.7. The van der Waals surface area contributed by atoms with Crippen molar-refractivity contribution < 1.29 is 14.3 Å². The number of hydrogen-bond acceptors (Lipinski definition) is 3. The molecule has 1 aliphatic heterocycles. The Kier molecular flexibility index (Phi) is 5.03. The van der Waals surface area contributed by atoms with Crippen molar-refractivity contribution >= 4 is 5.78 Å². The first-order valence-electron chi connectivity index (χ1n) is 11.7. The molecule has 0 aromatic rings. The van der Waals surface area contributed by atoms with Crippen molar-refractivity contribution in [3.05, 3.63) is 0 Å². The van der Waals surface area contributed by atoms with Crippen LogP contribution in [0.1, 0.15) is 86.0 Å². The molecule has 154 valence electrons. The van der Waals surface area contributed by atoms with Crippen molar-refractivity contribution in [2.45, 2.75) is 91.8 Å². The highest BCUT2D eigenvalue weighted by Crippen LogP contribution is 2.67. The highest BCUT2D eigenvalue weighted by molar-refractivity contribution is 5.87. The summed E-state index contributed by atoms with van der Waals surface area (Å²) in [6.07, 6.45) is 9.09. The molecule has 7 atom stereocenters. The minimum absolute atomic E-state index is 0.00233. The van der Waals surface area contributed by atoms with Gasteiger partial charge in [-0.05, 0) is 67.1 Å². The molecular weight excluding hydrogens is 336 g/mol. The Morgan fingerprint density at radius 2 is 1.63 bits per heavy atom. The van der Waals surface area contributed by atoms with E-state index in [2.05, 4.69) is 20.8 Å². The van der Waals surface area contributed by atoms with E-state index in [-0.39, 0.29) is 11.2 Å². The van der Waals surface area contributed by atoms with Gasteiger partial charge in [0.05, 0.1) is 13.2 Å². The Labute approximate surface area is 165 Å². The summed E-state index contributed by atoms with van der Waals surface area (Å²) in [5.41, 5.74) is 0.410. The van der Waals surface area contributed by atoms with E-state index in [0.717, 1.165) is 57.2 Å². The molecule has 0 amide bonds. The number of carbonyl (C=O) groups excluding carboxylic acids is 1. The number of ether oxygens (including phenoxy) is 2. The van der Waals surface area contributed by atoms with Gasteiger partial charge < -0.3 is 9.47 Å².